The molecule has 2 aromatic rings. The Bertz CT molecular complexity index is 513. The van der Waals surface area contributed by atoms with Crippen LogP contribution in [0.3, 0.4) is 0 Å². The van der Waals surface area contributed by atoms with Crippen molar-refractivity contribution in [1.82, 2.24) is 4.98 Å². The monoisotopic (exact) mass is 439 g/mol. The minimum absolute atomic E-state index is 0.470. The highest BCUT2D eigenvalue weighted by molar-refractivity contribution is 9.11. The number of benzene rings is 1. The molecule has 0 aliphatic rings. The molecule has 0 saturated heterocycles. The molecule has 1 aromatic heterocycles. The lowest BCUT2D eigenvalue weighted by atomic mass is 10.3. The van der Waals surface area contributed by atoms with Gasteiger partial charge in [-0.05, 0) is 56.1 Å². The summed E-state index contributed by atoms with van der Waals surface area (Å²) in [6.07, 6.45) is 1.66. The molecule has 0 bridgehead atoms. The molecule has 0 fully saturated rings. The van der Waals surface area contributed by atoms with Gasteiger partial charge < -0.3 is 4.74 Å². The first-order valence-corrected chi connectivity index (χ1v) is 7.26. The summed E-state index contributed by atoms with van der Waals surface area (Å²) in [7, 11) is 0. The van der Waals surface area contributed by atoms with Gasteiger partial charge in [0.1, 0.15) is 5.75 Å². The Labute approximate surface area is 129 Å². The van der Waals surface area contributed by atoms with Crippen molar-refractivity contribution in [3.63, 3.8) is 0 Å². The van der Waals surface area contributed by atoms with E-state index < -0.39 is 0 Å². The van der Waals surface area contributed by atoms with Crippen LogP contribution in [0.25, 0.3) is 0 Å². The number of hydrogen-bond donors (Lipinski definition) is 0. The van der Waals surface area contributed by atoms with Crippen LogP contribution in [0, 0.1) is 0 Å². The molecule has 0 spiro atoms. The third-order valence-corrected chi connectivity index (χ3v) is 3.67. The Balaban J connectivity index is 2.31. The van der Waals surface area contributed by atoms with Gasteiger partial charge in [-0.2, -0.15) is 0 Å². The number of pyridine rings is 1. The van der Waals surface area contributed by atoms with Crippen LogP contribution in [0.5, 0.6) is 11.6 Å². The lowest BCUT2D eigenvalue weighted by Crippen LogP contribution is -1.90. The smallest absolute Gasteiger partial charge is 0.233 e. The van der Waals surface area contributed by atoms with Crippen LogP contribution in [0.2, 0.25) is 5.02 Å². The second-order valence-electron chi connectivity index (χ2n) is 3.12. The van der Waals surface area contributed by atoms with Crippen molar-refractivity contribution in [3.8, 4) is 11.6 Å². The van der Waals surface area contributed by atoms with Gasteiger partial charge in [-0.1, -0.05) is 27.5 Å². The maximum atomic E-state index is 6.06. The molecule has 2 nitrogen and oxygen atoms in total. The summed E-state index contributed by atoms with van der Waals surface area (Å²) in [5.74, 6) is 1.03. The molecule has 88 valence electrons. The van der Waals surface area contributed by atoms with Crippen molar-refractivity contribution in [3.05, 3.63) is 48.9 Å². The highest BCUT2D eigenvalue weighted by Gasteiger charge is 2.08. The van der Waals surface area contributed by atoms with Gasteiger partial charge in [0.15, 0.2) is 0 Å². The quantitative estimate of drug-likeness (QED) is 0.585. The first-order valence-electron chi connectivity index (χ1n) is 4.50. The van der Waals surface area contributed by atoms with Crippen molar-refractivity contribution in [1.29, 1.82) is 0 Å². The zero-order valence-electron chi connectivity index (χ0n) is 8.25. The van der Waals surface area contributed by atoms with E-state index in [9.17, 15) is 0 Å². The van der Waals surface area contributed by atoms with Gasteiger partial charge in [-0.25, -0.2) is 4.98 Å². The summed E-state index contributed by atoms with van der Waals surface area (Å²) in [5.41, 5.74) is 0. The predicted octanol–water partition coefficient (Wildman–Crippen LogP) is 5.81. The molecule has 0 unspecified atom stereocenters. The van der Waals surface area contributed by atoms with Gasteiger partial charge in [-0.15, -0.1) is 0 Å². The number of hydrogen-bond acceptors (Lipinski definition) is 2. The molecule has 0 aliphatic heterocycles. The van der Waals surface area contributed by atoms with E-state index in [0.29, 0.717) is 16.7 Å². The zero-order chi connectivity index (χ0) is 12.4. The fourth-order valence-electron chi connectivity index (χ4n) is 1.14. The standard InChI is InChI=1S/C11H5Br3ClNO/c12-6-1-2-10(9(15)4-6)17-11-8(14)3-7(13)5-16-11/h1-5H. The van der Waals surface area contributed by atoms with Crippen LogP contribution in [0.4, 0.5) is 0 Å². The van der Waals surface area contributed by atoms with Crippen molar-refractivity contribution < 1.29 is 4.74 Å². The predicted molar refractivity (Wildman–Crippen MR) is 78.9 cm³/mol. The van der Waals surface area contributed by atoms with Crippen LogP contribution in [-0.4, -0.2) is 4.98 Å². The minimum Gasteiger partial charge on any atom is -0.436 e. The van der Waals surface area contributed by atoms with Gasteiger partial charge in [0.2, 0.25) is 5.88 Å². The fourth-order valence-corrected chi connectivity index (χ4v) is 2.92. The molecule has 0 atom stereocenters. The number of halogens is 4. The minimum atomic E-state index is 0.470. The molecule has 0 amide bonds. The average Bonchev–Trinajstić information content (AvgIpc) is 2.25. The molecule has 1 aromatic carbocycles. The Hall–Kier alpha value is -0.100. The summed E-state index contributed by atoms with van der Waals surface area (Å²) >= 11 is 16.1. The molecule has 1 heterocycles. The van der Waals surface area contributed by atoms with E-state index >= 15 is 0 Å². The molecule has 0 aliphatic carbocycles. The highest BCUT2D eigenvalue weighted by Crippen LogP contribution is 2.34. The second-order valence-corrected chi connectivity index (χ2v) is 6.21. The van der Waals surface area contributed by atoms with Crippen molar-refractivity contribution in [2.75, 3.05) is 0 Å². The van der Waals surface area contributed by atoms with E-state index in [1.54, 1.807) is 18.3 Å². The van der Waals surface area contributed by atoms with E-state index in [-0.39, 0.29) is 0 Å². The van der Waals surface area contributed by atoms with Crippen LogP contribution >= 0.6 is 59.4 Å². The zero-order valence-corrected chi connectivity index (χ0v) is 13.8. The van der Waals surface area contributed by atoms with Gasteiger partial charge in [0.05, 0.1) is 9.50 Å². The lowest BCUT2D eigenvalue weighted by molar-refractivity contribution is 0.459. The number of rotatable bonds is 2. The topological polar surface area (TPSA) is 22.1 Å². The molecule has 0 N–H and O–H groups in total. The van der Waals surface area contributed by atoms with Gasteiger partial charge >= 0.3 is 0 Å². The molecular formula is C11H5Br3ClNO. The van der Waals surface area contributed by atoms with Gasteiger partial charge in [-0.3, -0.25) is 0 Å². The molecule has 2 rings (SSSR count). The number of ether oxygens (including phenoxy) is 1. The largest absolute Gasteiger partial charge is 0.436 e. The van der Waals surface area contributed by atoms with E-state index in [1.807, 2.05) is 12.1 Å². The summed E-state index contributed by atoms with van der Waals surface area (Å²) in [6.45, 7) is 0. The SMILES string of the molecule is Clc1cc(Br)ccc1Oc1ncc(Br)cc1Br. The van der Waals surface area contributed by atoms with Gasteiger partial charge in [0.25, 0.3) is 0 Å². The summed E-state index contributed by atoms with van der Waals surface area (Å²) < 4.78 is 8.15. The Morgan fingerprint density at radius 1 is 1.06 bits per heavy atom. The summed E-state index contributed by atoms with van der Waals surface area (Å²) in [4.78, 5) is 4.15. The number of nitrogens with zero attached hydrogens (tertiary/aromatic N) is 1. The third-order valence-electron chi connectivity index (χ3n) is 1.87. The molecule has 0 saturated carbocycles. The van der Waals surface area contributed by atoms with Crippen LogP contribution in [0.1, 0.15) is 0 Å². The Morgan fingerprint density at radius 2 is 1.82 bits per heavy atom. The van der Waals surface area contributed by atoms with Crippen molar-refractivity contribution in [2.24, 2.45) is 0 Å². The Morgan fingerprint density at radius 3 is 2.47 bits per heavy atom. The third kappa shape index (κ3) is 3.44. The normalized spacial score (nSPS) is 10.4. The Kier molecular flexibility index (Phi) is 4.47. The van der Waals surface area contributed by atoms with E-state index in [0.717, 1.165) is 13.4 Å². The highest BCUT2D eigenvalue weighted by atomic mass is 79.9. The maximum absolute atomic E-state index is 6.06. The molecular weight excluding hydrogens is 437 g/mol. The molecule has 6 heteroatoms. The molecule has 17 heavy (non-hydrogen) atoms. The van der Waals surface area contributed by atoms with Crippen molar-refractivity contribution in [2.45, 2.75) is 0 Å². The summed E-state index contributed by atoms with van der Waals surface area (Å²) in [5, 5.41) is 0.524. The first-order chi connectivity index (χ1) is 8.06. The van der Waals surface area contributed by atoms with E-state index in [1.165, 1.54) is 0 Å². The van der Waals surface area contributed by atoms with Gasteiger partial charge in [0, 0.05) is 15.1 Å². The first kappa shape index (κ1) is 13.3. The van der Waals surface area contributed by atoms with E-state index in [4.69, 9.17) is 16.3 Å². The average molecular weight is 442 g/mol. The van der Waals surface area contributed by atoms with Crippen molar-refractivity contribution >= 4 is 59.4 Å². The summed E-state index contributed by atoms with van der Waals surface area (Å²) in [6, 6.07) is 7.26. The van der Waals surface area contributed by atoms with E-state index in [2.05, 4.69) is 52.8 Å². The fraction of sp³-hybridized carbons (Fsp3) is 0. The van der Waals surface area contributed by atoms with Crippen LogP contribution in [0.15, 0.2) is 43.9 Å². The second kappa shape index (κ2) is 5.69. The molecule has 0 radical (unpaired) electrons. The lowest BCUT2D eigenvalue weighted by Gasteiger charge is -2.08. The number of aromatic nitrogens is 1. The van der Waals surface area contributed by atoms with Crippen LogP contribution in [-0.2, 0) is 0 Å². The maximum Gasteiger partial charge on any atom is 0.233 e. The van der Waals surface area contributed by atoms with Crippen LogP contribution < -0.4 is 4.74 Å².